The van der Waals surface area contributed by atoms with Crippen LogP contribution in [0.25, 0.3) is 55.8 Å². The van der Waals surface area contributed by atoms with E-state index in [0.29, 0.717) is 5.71 Å². The Hall–Kier alpha value is -3.90. The van der Waals surface area contributed by atoms with E-state index in [-0.39, 0.29) is 20.1 Å². The summed E-state index contributed by atoms with van der Waals surface area (Å²) in [5.41, 5.74) is 7.82. The minimum absolute atomic E-state index is 0. The Morgan fingerprint density at radius 1 is 0.808 bits per heavy atom. The topological polar surface area (TPSA) is 51.8 Å². The molecule has 0 aliphatic carbocycles. The molecule has 0 N–H and O–H groups in total. The number of aromatic nitrogens is 3. The van der Waals surface area contributed by atoms with Gasteiger partial charge >= 0.3 is 135 Å². The van der Waals surface area contributed by atoms with Gasteiger partial charge in [0.1, 0.15) is 0 Å². The third-order valence-corrected chi connectivity index (χ3v) is 13.1. The quantitative estimate of drug-likeness (QED) is 0.113. The van der Waals surface area contributed by atoms with E-state index in [0.717, 1.165) is 78.5 Å². The summed E-state index contributed by atoms with van der Waals surface area (Å²) in [6.45, 7) is 9.99. The average molecular weight is 928 g/mol. The Morgan fingerprint density at radius 2 is 1.56 bits per heavy atom. The second kappa shape index (κ2) is 16.8. The minimum Gasteiger partial charge on any atom is 0 e. The van der Waals surface area contributed by atoms with E-state index in [4.69, 9.17) is 13.5 Å². The van der Waals surface area contributed by atoms with Crippen LogP contribution in [0.5, 0.6) is 0 Å². The summed E-state index contributed by atoms with van der Waals surface area (Å²) in [7, 11) is 0. The van der Waals surface area contributed by atoms with Crippen LogP contribution in [-0.4, -0.2) is 28.2 Å². The molecule has 52 heavy (non-hydrogen) atoms. The summed E-state index contributed by atoms with van der Waals surface area (Å²) in [5, 5.41) is 1.96. The molecule has 0 amide bonds. The first kappa shape index (κ1) is 35.1. The molecular formula is C46H49GeIrN3O-2. The molecule has 0 unspecified atom stereocenters. The number of hydrogen-bond donors (Lipinski definition) is 0. The molecule has 0 bridgehead atoms. The molecule has 4 heterocycles. The zero-order chi connectivity index (χ0) is 38.9. The predicted molar refractivity (Wildman–Crippen MR) is 217 cm³/mol. The van der Waals surface area contributed by atoms with Gasteiger partial charge in [0, 0.05) is 38.6 Å². The Morgan fingerprint density at radius 3 is 2.23 bits per heavy atom. The number of pyridine rings is 3. The van der Waals surface area contributed by atoms with Crippen molar-refractivity contribution in [2.45, 2.75) is 77.0 Å². The van der Waals surface area contributed by atoms with E-state index in [1.54, 1.807) is 6.20 Å². The van der Waals surface area contributed by atoms with Gasteiger partial charge < -0.3 is 9.40 Å². The fraction of sp³-hybridized carbons (Fsp3) is 0.283. The van der Waals surface area contributed by atoms with Crippen molar-refractivity contribution in [3.63, 3.8) is 0 Å². The summed E-state index contributed by atoms with van der Waals surface area (Å²) < 4.78 is 33.7. The van der Waals surface area contributed by atoms with Crippen LogP contribution in [0.4, 0.5) is 0 Å². The normalized spacial score (nSPS) is 13.0. The second-order valence-electron chi connectivity index (χ2n) is 14.9. The summed E-state index contributed by atoms with van der Waals surface area (Å²) >= 11 is -2.24. The zero-order valence-corrected chi connectivity index (χ0v) is 35.9. The molecule has 6 heteroatoms. The van der Waals surface area contributed by atoms with Crippen molar-refractivity contribution in [2.24, 2.45) is 5.41 Å². The minimum atomic E-state index is -2.24. The van der Waals surface area contributed by atoms with Gasteiger partial charge in [-0.2, -0.15) is 0 Å². The van der Waals surface area contributed by atoms with Crippen molar-refractivity contribution in [1.82, 2.24) is 15.0 Å². The third-order valence-electron chi connectivity index (χ3n) is 8.85. The van der Waals surface area contributed by atoms with Gasteiger partial charge in [-0.25, -0.2) is 4.98 Å². The molecule has 1 radical (unpaired) electrons. The smallest absolute Gasteiger partial charge is 0 e. The second-order valence-corrected chi connectivity index (χ2v) is 25.4. The zero-order valence-electron chi connectivity index (χ0n) is 34.4. The van der Waals surface area contributed by atoms with E-state index in [1.165, 1.54) is 0 Å². The van der Waals surface area contributed by atoms with Gasteiger partial charge in [0.15, 0.2) is 0 Å². The van der Waals surface area contributed by atoms with Crippen molar-refractivity contribution >= 4 is 39.7 Å². The number of fused-ring (bicyclic) bond motifs is 3. The first-order valence-corrected chi connectivity index (χ1v) is 25.2. The number of nitrogens with zero attached hydrogens (tertiary/aromatic N) is 3. The average Bonchev–Trinajstić information content (AvgIpc) is 3.56. The molecule has 269 valence electrons. The van der Waals surface area contributed by atoms with Crippen LogP contribution < -0.4 is 4.40 Å². The van der Waals surface area contributed by atoms with Gasteiger partial charge in [-0.3, -0.25) is 0 Å². The molecule has 4 nitrogen and oxygen atoms in total. The van der Waals surface area contributed by atoms with E-state index in [2.05, 4.69) is 59.3 Å². The Labute approximate surface area is 330 Å². The van der Waals surface area contributed by atoms with E-state index in [9.17, 15) is 0 Å². The molecule has 4 aromatic heterocycles. The van der Waals surface area contributed by atoms with Crippen molar-refractivity contribution in [3.8, 4) is 33.8 Å². The first-order chi connectivity index (χ1) is 25.6. The van der Waals surface area contributed by atoms with Gasteiger partial charge in [0.2, 0.25) is 5.71 Å². The molecular weight excluding hydrogens is 875 g/mol. The summed E-state index contributed by atoms with van der Waals surface area (Å²) in [5.74, 6) is 6.24. The van der Waals surface area contributed by atoms with Crippen molar-refractivity contribution < 1.29 is 28.6 Å². The maximum absolute atomic E-state index is 8.80. The molecule has 0 spiro atoms. The molecule has 7 rings (SSSR count). The molecule has 0 saturated heterocycles. The van der Waals surface area contributed by atoms with Crippen molar-refractivity contribution in [2.75, 3.05) is 0 Å². The van der Waals surface area contributed by atoms with Gasteiger partial charge in [-0.1, -0.05) is 66.8 Å². The maximum Gasteiger partial charge on any atom is 0 e. The predicted octanol–water partition coefficient (Wildman–Crippen LogP) is 12.1. The Kier molecular flexibility index (Phi) is 11.4. The van der Waals surface area contributed by atoms with Gasteiger partial charge in [-0.15, -0.1) is 18.2 Å². The molecule has 0 fully saturated rings. The Bertz CT molecular complexity index is 2380. The van der Waals surface area contributed by atoms with Crippen LogP contribution in [0, 0.1) is 17.5 Å². The molecule has 0 atom stereocenters. The van der Waals surface area contributed by atoms with Crippen LogP contribution in [-0.2, 0) is 26.5 Å². The van der Waals surface area contributed by atoms with E-state index >= 15 is 0 Å². The fourth-order valence-corrected chi connectivity index (χ4v) is 9.21. The van der Waals surface area contributed by atoms with E-state index < -0.39 is 30.9 Å². The van der Waals surface area contributed by atoms with Crippen molar-refractivity contribution in [3.05, 3.63) is 133 Å². The number of rotatable bonds is 8. The fourth-order valence-electron chi connectivity index (χ4n) is 6.29. The van der Waals surface area contributed by atoms with E-state index in [1.807, 2.05) is 118 Å². The van der Waals surface area contributed by atoms with Crippen LogP contribution >= 0.6 is 0 Å². The number of benzene rings is 3. The molecule has 0 aliphatic heterocycles. The monoisotopic (exact) mass is 929 g/mol. The summed E-state index contributed by atoms with van der Waals surface area (Å²) in [6.07, 6.45) is 3.78. The van der Waals surface area contributed by atoms with Gasteiger partial charge in [0.05, 0.1) is 11.3 Å². The van der Waals surface area contributed by atoms with Gasteiger partial charge in [-0.05, 0) is 42.6 Å². The molecule has 0 aliphatic rings. The van der Waals surface area contributed by atoms with Crippen LogP contribution in [0.2, 0.25) is 17.3 Å². The summed E-state index contributed by atoms with van der Waals surface area (Å²) in [6, 6.07) is 38.2. The van der Waals surface area contributed by atoms with Crippen LogP contribution in [0.3, 0.4) is 0 Å². The SMILES string of the molecule is [2H]C(CC)(CC)c1ccnc(-c2[c-]ccc3c2oc2nc(-c4ccccc4)ccc23)c1.[2H]C([2H])(c1cc(-c2[c-]cccc2)nc[c]1[Ge]([CH3])([CH3])[CH3])C(C)(C)C.[Ir]. The standard InChI is InChI=1S/C27H23N2O.C19H26GeN.Ir/c1-3-18(4-2)20-15-16-28-25(17-20)23-12-8-11-21-22-13-14-24(19-9-6-5-7-10-19)29-27(22)30-26(21)23;1-19(2,3)13-16-12-18(15-10-8-7-9-11-15)21-14-17(16)20(4,5)6;/h5-11,13-18H,3-4H2,1-2H3;7-10,12,14H,13H2,1-6H3;/q2*-1;/i18D;13D2;. The maximum atomic E-state index is 8.80. The summed E-state index contributed by atoms with van der Waals surface area (Å²) in [4.78, 5) is 14.0. The first-order valence-electron chi connectivity index (χ1n) is 19.3. The third kappa shape index (κ3) is 9.17. The molecule has 7 aromatic rings. The largest absolute Gasteiger partial charge is 0 e. The molecule has 3 aromatic carbocycles. The van der Waals surface area contributed by atoms with Crippen molar-refractivity contribution in [1.29, 1.82) is 0 Å². The number of hydrogen-bond acceptors (Lipinski definition) is 4. The molecule has 0 saturated carbocycles. The Balaban J connectivity index is 0.000000217. The van der Waals surface area contributed by atoms with Gasteiger partial charge in [0.25, 0.3) is 0 Å². The van der Waals surface area contributed by atoms with Crippen LogP contribution in [0.15, 0.2) is 114 Å². The van der Waals surface area contributed by atoms with Crippen LogP contribution in [0.1, 0.15) is 68.6 Å². The number of furan rings is 1.